The second kappa shape index (κ2) is 29.4. The van der Waals surface area contributed by atoms with Gasteiger partial charge in [0.2, 0.25) is 0 Å². The lowest BCUT2D eigenvalue weighted by atomic mass is 10.2. The zero-order chi connectivity index (χ0) is 13.1. The van der Waals surface area contributed by atoms with Gasteiger partial charge in [0.05, 0.1) is 0 Å². The number of hydrogen-bond donors (Lipinski definition) is 3. The maximum Gasteiger partial charge on any atom is 0.0431 e. The van der Waals surface area contributed by atoms with Crippen molar-refractivity contribution in [3.63, 3.8) is 0 Å². The lowest BCUT2D eigenvalue weighted by Crippen LogP contribution is -1.80. The molecule has 0 aromatic rings. The molecule has 0 spiro atoms. The van der Waals surface area contributed by atoms with Gasteiger partial charge in [0.1, 0.15) is 0 Å². The minimum atomic E-state index is 0.319. The number of aliphatic hydroxyl groups is 3. The SMILES string of the molecule is CCCCCCO.CCCCO.CCCO. The van der Waals surface area contributed by atoms with Crippen LogP contribution in [0.25, 0.3) is 0 Å². The van der Waals surface area contributed by atoms with Crippen LogP contribution in [0, 0.1) is 0 Å². The van der Waals surface area contributed by atoms with Gasteiger partial charge >= 0.3 is 0 Å². The lowest BCUT2D eigenvalue weighted by Gasteiger charge is -1.90. The molecule has 0 aromatic carbocycles. The van der Waals surface area contributed by atoms with Crippen molar-refractivity contribution in [2.24, 2.45) is 0 Å². The second-order valence-corrected chi connectivity index (χ2v) is 3.59. The first-order valence-corrected chi connectivity index (χ1v) is 6.57. The average molecular weight is 236 g/mol. The summed E-state index contributed by atoms with van der Waals surface area (Å²) < 4.78 is 0. The minimum absolute atomic E-state index is 0.319. The summed E-state index contributed by atoms with van der Waals surface area (Å²) in [4.78, 5) is 0. The maximum atomic E-state index is 8.29. The monoisotopic (exact) mass is 236 g/mol. The lowest BCUT2D eigenvalue weighted by molar-refractivity contribution is 0.283. The predicted molar refractivity (Wildman–Crippen MR) is 70.6 cm³/mol. The molecular formula is C13H32O3. The third-order valence-electron chi connectivity index (χ3n) is 1.75. The largest absolute Gasteiger partial charge is 0.396 e. The van der Waals surface area contributed by atoms with E-state index in [1.54, 1.807) is 0 Å². The first-order valence-electron chi connectivity index (χ1n) is 6.57. The van der Waals surface area contributed by atoms with E-state index in [-0.39, 0.29) is 0 Å². The summed E-state index contributed by atoms with van der Waals surface area (Å²) in [6.45, 7) is 7.17. The van der Waals surface area contributed by atoms with E-state index < -0.39 is 0 Å². The molecule has 0 rings (SSSR count). The molecule has 0 aliphatic carbocycles. The highest BCUT2D eigenvalue weighted by molar-refractivity contribution is 4.35. The summed E-state index contributed by atoms with van der Waals surface area (Å²) in [5, 5.41) is 24.2. The molecule has 0 amide bonds. The average Bonchev–Trinajstić information content (AvgIpc) is 2.32. The highest BCUT2D eigenvalue weighted by atomic mass is 16.3. The van der Waals surface area contributed by atoms with E-state index >= 15 is 0 Å². The third kappa shape index (κ3) is 48.6. The Labute approximate surface area is 102 Å². The summed E-state index contributed by atoms with van der Waals surface area (Å²) in [5.74, 6) is 0. The normalized spacial score (nSPS) is 8.62. The molecule has 0 unspecified atom stereocenters. The molecule has 16 heavy (non-hydrogen) atoms. The van der Waals surface area contributed by atoms with E-state index in [0.717, 1.165) is 25.7 Å². The number of unbranched alkanes of at least 4 members (excludes halogenated alkanes) is 4. The van der Waals surface area contributed by atoms with Gasteiger partial charge < -0.3 is 15.3 Å². The Bertz CT molecular complexity index is 69.6. The molecule has 102 valence electrons. The van der Waals surface area contributed by atoms with Crippen LogP contribution in [0.2, 0.25) is 0 Å². The molecule has 0 aromatic heterocycles. The van der Waals surface area contributed by atoms with Gasteiger partial charge in [-0.2, -0.15) is 0 Å². The molecule has 0 radical (unpaired) electrons. The predicted octanol–water partition coefficient (Wildman–Crippen LogP) is 2.73. The zero-order valence-corrected chi connectivity index (χ0v) is 11.4. The molecule has 3 N–H and O–H groups in total. The van der Waals surface area contributed by atoms with Crippen LogP contribution in [0.15, 0.2) is 0 Å². The van der Waals surface area contributed by atoms with E-state index in [0.29, 0.717) is 19.8 Å². The Morgan fingerprint density at radius 2 is 0.938 bits per heavy atom. The minimum Gasteiger partial charge on any atom is -0.396 e. The van der Waals surface area contributed by atoms with E-state index in [9.17, 15) is 0 Å². The Balaban J connectivity index is -0.000000166. The summed E-state index contributed by atoms with van der Waals surface area (Å²) in [5.41, 5.74) is 0. The van der Waals surface area contributed by atoms with Crippen LogP contribution >= 0.6 is 0 Å². The Kier molecular flexibility index (Phi) is 38.9. The molecule has 0 aliphatic rings. The van der Waals surface area contributed by atoms with Gasteiger partial charge in [-0.3, -0.25) is 0 Å². The van der Waals surface area contributed by atoms with E-state index in [1.165, 1.54) is 19.3 Å². The van der Waals surface area contributed by atoms with Gasteiger partial charge in [0, 0.05) is 19.8 Å². The molecule has 0 heterocycles. The van der Waals surface area contributed by atoms with Gasteiger partial charge in [-0.15, -0.1) is 0 Å². The first-order chi connectivity index (χ1) is 7.74. The molecule has 3 heteroatoms. The number of aliphatic hydroxyl groups excluding tert-OH is 3. The molecule has 0 atom stereocenters. The Morgan fingerprint density at radius 3 is 1.12 bits per heavy atom. The van der Waals surface area contributed by atoms with Crippen molar-refractivity contribution >= 4 is 0 Å². The molecule has 0 bridgehead atoms. The molecular weight excluding hydrogens is 204 g/mol. The van der Waals surface area contributed by atoms with Crippen molar-refractivity contribution in [3.05, 3.63) is 0 Å². The van der Waals surface area contributed by atoms with Crippen molar-refractivity contribution in [3.8, 4) is 0 Å². The quantitative estimate of drug-likeness (QED) is 0.596. The van der Waals surface area contributed by atoms with Crippen LogP contribution in [-0.4, -0.2) is 35.1 Å². The maximum absolute atomic E-state index is 8.29. The van der Waals surface area contributed by atoms with Crippen molar-refractivity contribution in [1.82, 2.24) is 0 Å². The summed E-state index contributed by atoms with van der Waals surface area (Å²) in [6, 6.07) is 0. The summed E-state index contributed by atoms with van der Waals surface area (Å²) in [7, 11) is 0. The number of rotatable bonds is 7. The van der Waals surface area contributed by atoms with Crippen molar-refractivity contribution < 1.29 is 15.3 Å². The van der Waals surface area contributed by atoms with Crippen LogP contribution in [0.1, 0.15) is 65.7 Å². The Hall–Kier alpha value is -0.120. The van der Waals surface area contributed by atoms with Crippen molar-refractivity contribution in [1.29, 1.82) is 0 Å². The van der Waals surface area contributed by atoms with Crippen LogP contribution < -0.4 is 0 Å². The van der Waals surface area contributed by atoms with Gasteiger partial charge in [0.15, 0.2) is 0 Å². The first kappa shape index (κ1) is 21.2. The summed E-state index contributed by atoms with van der Waals surface area (Å²) >= 11 is 0. The van der Waals surface area contributed by atoms with E-state index in [1.807, 2.05) is 6.92 Å². The van der Waals surface area contributed by atoms with Crippen LogP contribution in [0.3, 0.4) is 0 Å². The van der Waals surface area contributed by atoms with E-state index in [2.05, 4.69) is 13.8 Å². The van der Waals surface area contributed by atoms with Crippen molar-refractivity contribution in [2.75, 3.05) is 19.8 Å². The molecule has 0 saturated carbocycles. The van der Waals surface area contributed by atoms with Crippen LogP contribution in [0.5, 0.6) is 0 Å². The van der Waals surface area contributed by atoms with E-state index in [4.69, 9.17) is 15.3 Å². The van der Waals surface area contributed by atoms with Crippen LogP contribution in [-0.2, 0) is 0 Å². The molecule has 0 saturated heterocycles. The van der Waals surface area contributed by atoms with Gasteiger partial charge in [-0.1, -0.05) is 46.5 Å². The van der Waals surface area contributed by atoms with Gasteiger partial charge in [-0.05, 0) is 19.3 Å². The fourth-order valence-electron chi connectivity index (χ4n) is 0.697. The van der Waals surface area contributed by atoms with Gasteiger partial charge in [-0.25, -0.2) is 0 Å². The molecule has 3 nitrogen and oxygen atoms in total. The highest BCUT2D eigenvalue weighted by Crippen LogP contribution is 1.96. The fraction of sp³-hybridized carbons (Fsp3) is 1.00. The van der Waals surface area contributed by atoms with Crippen molar-refractivity contribution in [2.45, 2.75) is 65.7 Å². The smallest absolute Gasteiger partial charge is 0.0431 e. The summed E-state index contributed by atoms with van der Waals surface area (Å²) in [6.07, 6.45) is 7.60. The second-order valence-electron chi connectivity index (χ2n) is 3.59. The number of hydrogen-bond acceptors (Lipinski definition) is 3. The standard InChI is InChI=1S/C6H14O.C4H10O.C3H8O/c1-2-3-4-5-6-7;1-2-3-4-5;1-2-3-4/h7H,2-6H2,1H3;5H,2-4H2,1H3;4H,2-3H2,1H3. The fourth-order valence-corrected chi connectivity index (χ4v) is 0.697. The molecule has 0 fully saturated rings. The topological polar surface area (TPSA) is 60.7 Å². The zero-order valence-electron chi connectivity index (χ0n) is 11.4. The Morgan fingerprint density at radius 1 is 0.500 bits per heavy atom. The highest BCUT2D eigenvalue weighted by Gasteiger charge is 1.80. The van der Waals surface area contributed by atoms with Gasteiger partial charge in [0.25, 0.3) is 0 Å². The van der Waals surface area contributed by atoms with Crippen LogP contribution in [0.4, 0.5) is 0 Å². The molecule has 0 aliphatic heterocycles. The third-order valence-corrected chi connectivity index (χ3v) is 1.75.